The minimum absolute atomic E-state index is 0.134. The highest BCUT2D eigenvalue weighted by Crippen LogP contribution is 2.24. The first-order chi connectivity index (χ1) is 16.2. The second-order valence-electron chi connectivity index (χ2n) is 10.1. The number of piperazine rings is 1. The molecule has 3 heterocycles. The average molecular weight is 461 g/mol. The lowest BCUT2D eigenvalue weighted by Gasteiger charge is -2.32. The van der Waals surface area contributed by atoms with Gasteiger partial charge in [-0.3, -0.25) is 29.5 Å². The molecule has 0 spiro atoms. The Hall–Kier alpha value is -3.48. The quantitative estimate of drug-likeness (QED) is 0.565. The molecule has 1 aliphatic rings. The molecular weight excluding hydrogens is 428 g/mol. The maximum absolute atomic E-state index is 13.2. The number of imidazole rings is 1. The summed E-state index contributed by atoms with van der Waals surface area (Å²) in [5, 5.41) is 11.2. The average Bonchev–Trinajstić information content (AvgIpc) is 3.19. The summed E-state index contributed by atoms with van der Waals surface area (Å²) in [6.07, 6.45) is 4.95. The molecule has 1 fully saturated rings. The Morgan fingerprint density at radius 1 is 1.18 bits per heavy atom. The smallest absolute Gasteiger partial charge is 0.269 e. The summed E-state index contributed by atoms with van der Waals surface area (Å²) in [7, 11) is 2.15. The van der Waals surface area contributed by atoms with Gasteiger partial charge in [0.15, 0.2) is 5.82 Å². The molecule has 1 saturated heterocycles. The van der Waals surface area contributed by atoms with Crippen LogP contribution in [0, 0.1) is 16.7 Å². The van der Waals surface area contributed by atoms with Crippen LogP contribution >= 0.6 is 0 Å². The number of carbonyl (C=O) groups excluding carboxylic acids is 1. The second-order valence-corrected chi connectivity index (χ2v) is 10.1. The summed E-state index contributed by atoms with van der Waals surface area (Å²) < 4.78 is 1.68. The van der Waals surface area contributed by atoms with E-state index < -0.39 is 0 Å². The minimum Gasteiger partial charge on any atom is -0.304 e. The number of nitrogens with zero attached hydrogens (tertiary/aromatic N) is 7. The fourth-order valence-corrected chi connectivity index (χ4v) is 4.05. The number of benzene rings is 1. The third kappa shape index (κ3) is 5.53. The highest BCUT2D eigenvalue weighted by molar-refractivity contribution is 5.95. The molecule has 1 aliphatic heterocycles. The number of hydrazine groups is 1. The highest BCUT2D eigenvalue weighted by Gasteiger charge is 2.24. The number of aromatic nitrogens is 3. The summed E-state index contributed by atoms with van der Waals surface area (Å²) in [5.74, 6) is 0.521. The zero-order valence-corrected chi connectivity index (χ0v) is 20.3. The zero-order valence-electron chi connectivity index (χ0n) is 20.3. The van der Waals surface area contributed by atoms with E-state index in [-0.39, 0.29) is 17.1 Å². The number of fused-ring (bicyclic) bond motifs is 1. The predicted molar refractivity (Wildman–Crippen MR) is 131 cm³/mol. The Morgan fingerprint density at radius 2 is 1.88 bits per heavy atom. The lowest BCUT2D eigenvalue weighted by Crippen LogP contribution is -2.47. The molecule has 34 heavy (non-hydrogen) atoms. The van der Waals surface area contributed by atoms with E-state index in [0.717, 1.165) is 32.7 Å². The Labute approximate surface area is 200 Å². The van der Waals surface area contributed by atoms with Crippen molar-refractivity contribution in [2.75, 3.05) is 44.8 Å². The Balaban J connectivity index is 1.52. The molecule has 1 amide bonds. The van der Waals surface area contributed by atoms with Crippen LogP contribution in [0.3, 0.4) is 0 Å². The van der Waals surface area contributed by atoms with E-state index in [4.69, 9.17) is 0 Å². The zero-order chi connectivity index (χ0) is 24.3. The van der Waals surface area contributed by atoms with Gasteiger partial charge >= 0.3 is 0 Å². The number of anilines is 1. The normalized spacial score (nSPS) is 15.3. The monoisotopic (exact) mass is 460 g/mol. The lowest BCUT2D eigenvalue weighted by atomic mass is 9.96. The van der Waals surface area contributed by atoms with Crippen LogP contribution in [0.2, 0.25) is 0 Å². The van der Waals surface area contributed by atoms with Crippen LogP contribution in [0.4, 0.5) is 5.82 Å². The van der Waals surface area contributed by atoms with E-state index >= 15 is 0 Å². The number of likely N-dealkylation sites (N-methyl/N-ethyl adjacent to an activating group) is 1. The van der Waals surface area contributed by atoms with Gasteiger partial charge in [0.1, 0.15) is 11.6 Å². The highest BCUT2D eigenvalue weighted by atomic mass is 16.2. The number of carbonyl (C=O) groups is 1. The van der Waals surface area contributed by atoms with Crippen molar-refractivity contribution >= 4 is 17.2 Å². The van der Waals surface area contributed by atoms with Crippen LogP contribution in [-0.4, -0.2) is 69.8 Å². The molecule has 0 radical (unpaired) electrons. The van der Waals surface area contributed by atoms with Gasteiger partial charge in [-0.05, 0) is 30.2 Å². The van der Waals surface area contributed by atoms with Gasteiger partial charge in [0.25, 0.3) is 5.91 Å². The van der Waals surface area contributed by atoms with Crippen molar-refractivity contribution < 1.29 is 4.79 Å². The molecule has 0 bridgehead atoms. The lowest BCUT2D eigenvalue weighted by molar-refractivity contribution is 0.0945. The van der Waals surface area contributed by atoms with Crippen molar-refractivity contribution in [3.8, 4) is 6.07 Å². The molecule has 2 aromatic heterocycles. The largest absolute Gasteiger partial charge is 0.304 e. The molecular formula is C25H32N8O. The topological polar surface area (TPSA) is 92.8 Å². The first-order valence-corrected chi connectivity index (χ1v) is 11.5. The van der Waals surface area contributed by atoms with Gasteiger partial charge in [-0.1, -0.05) is 32.9 Å². The number of nitrogens with one attached hydrogen (secondary N) is 1. The third-order valence-corrected chi connectivity index (χ3v) is 5.87. The van der Waals surface area contributed by atoms with Crippen LogP contribution in [0.25, 0.3) is 5.52 Å². The maximum Gasteiger partial charge on any atom is 0.269 e. The van der Waals surface area contributed by atoms with Gasteiger partial charge in [0.2, 0.25) is 5.82 Å². The van der Waals surface area contributed by atoms with Crippen LogP contribution in [0.1, 0.15) is 42.5 Å². The SMILES string of the molecule is CN1CCN(Cc2ccc(C(=O)NN(CC(C)(C)C)c3nc(C#N)n4ccncc34)cc2)CC1. The number of hydrogen-bond acceptors (Lipinski definition) is 7. The first kappa shape index (κ1) is 23.7. The van der Waals surface area contributed by atoms with E-state index in [1.807, 2.05) is 24.3 Å². The van der Waals surface area contributed by atoms with Crippen LogP contribution in [0.5, 0.6) is 0 Å². The van der Waals surface area contributed by atoms with Crippen molar-refractivity contribution in [3.05, 3.63) is 59.8 Å². The fraction of sp³-hybridized carbons (Fsp3) is 0.440. The van der Waals surface area contributed by atoms with E-state index in [9.17, 15) is 10.1 Å². The fourth-order valence-electron chi connectivity index (χ4n) is 4.05. The van der Waals surface area contributed by atoms with Gasteiger partial charge in [-0.15, -0.1) is 0 Å². The van der Waals surface area contributed by atoms with Gasteiger partial charge in [-0.2, -0.15) is 10.2 Å². The first-order valence-electron chi connectivity index (χ1n) is 11.5. The molecule has 3 aromatic rings. The second kappa shape index (κ2) is 9.79. The number of amides is 1. The third-order valence-electron chi connectivity index (χ3n) is 5.87. The van der Waals surface area contributed by atoms with Gasteiger partial charge in [0.05, 0.1) is 6.20 Å². The molecule has 0 unspecified atom stereocenters. The van der Waals surface area contributed by atoms with Gasteiger partial charge < -0.3 is 4.90 Å². The maximum atomic E-state index is 13.2. The van der Waals surface area contributed by atoms with Crippen molar-refractivity contribution in [1.29, 1.82) is 5.26 Å². The van der Waals surface area contributed by atoms with Crippen molar-refractivity contribution in [2.24, 2.45) is 5.41 Å². The predicted octanol–water partition coefficient (Wildman–Crippen LogP) is 2.55. The molecule has 1 aromatic carbocycles. The molecule has 9 heteroatoms. The van der Waals surface area contributed by atoms with Crippen molar-refractivity contribution in [3.63, 3.8) is 0 Å². The summed E-state index contributed by atoms with van der Waals surface area (Å²) in [4.78, 5) is 26.6. The number of hydrogen-bond donors (Lipinski definition) is 1. The van der Waals surface area contributed by atoms with Gasteiger partial charge in [0, 0.05) is 57.2 Å². The molecule has 0 aliphatic carbocycles. The summed E-state index contributed by atoms with van der Waals surface area (Å²) in [6, 6.07) is 9.88. The van der Waals surface area contributed by atoms with Crippen molar-refractivity contribution in [2.45, 2.75) is 27.3 Å². The summed E-state index contributed by atoms with van der Waals surface area (Å²) in [6.45, 7) is 11.9. The van der Waals surface area contributed by atoms with E-state index in [1.165, 1.54) is 5.56 Å². The van der Waals surface area contributed by atoms with Crippen LogP contribution < -0.4 is 10.4 Å². The molecule has 0 atom stereocenters. The summed E-state index contributed by atoms with van der Waals surface area (Å²) in [5.41, 5.74) is 5.30. The minimum atomic E-state index is -0.223. The van der Waals surface area contributed by atoms with Crippen LogP contribution in [0.15, 0.2) is 42.9 Å². The molecule has 0 saturated carbocycles. The summed E-state index contributed by atoms with van der Waals surface area (Å²) >= 11 is 0. The van der Waals surface area contributed by atoms with Crippen LogP contribution in [-0.2, 0) is 6.54 Å². The molecule has 1 N–H and O–H groups in total. The Morgan fingerprint density at radius 3 is 2.53 bits per heavy atom. The molecule has 178 valence electrons. The number of rotatable bonds is 6. The van der Waals surface area contributed by atoms with E-state index in [2.05, 4.69) is 59.1 Å². The molecule has 4 rings (SSSR count). The van der Waals surface area contributed by atoms with E-state index in [0.29, 0.717) is 23.4 Å². The molecule has 9 nitrogen and oxygen atoms in total. The van der Waals surface area contributed by atoms with Gasteiger partial charge in [-0.25, -0.2) is 0 Å². The Kier molecular flexibility index (Phi) is 6.82. The Bertz CT molecular complexity index is 1180. The van der Waals surface area contributed by atoms with Crippen molar-refractivity contribution in [1.82, 2.24) is 29.6 Å². The standard InChI is InChI=1S/C25H32N8O/c1-25(2,3)18-33(23-21-16-27-9-10-32(21)22(15-26)28-23)29-24(34)20-7-5-19(6-8-20)17-31-13-11-30(4)12-14-31/h5-10,16H,11-14,17-18H2,1-4H3,(H,29,34). The number of nitriles is 1. The van der Waals surface area contributed by atoms with E-state index in [1.54, 1.807) is 28.0 Å².